The van der Waals surface area contributed by atoms with Gasteiger partial charge >= 0.3 is 0 Å². The first-order chi connectivity index (χ1) is 12.0. The summed E-state index contributed by atoms with van der Waals surface area (Å²) in [5.74, 6) is 1.86. The molecule has 5 heteroatoms. The lowest BCUT2D eigenvalue weighted by molar-refractivity contribution is 0.281. The summed E-state index contributed by atoms with van der Waals surface area (Å²) in [6.07, 6.45) is 1.02. The Labute approximate surface area is 150 Å². The van der Waals surface area contributed by atoms with E-state index < -0.39 is 0 Å². The second kappa shape index (κ2) is 7.40. The molecule has 0 unspecified atom stereocenters. The number of aliphatic hydroxyl groups excluding tert-OH is 1. The van der Waals surface area contributed by atoms with Crippen molar-refractivity contribution >= 4 is 11.8 Å². The van der Waals surface area contributed by atoms with Gasteiger partial charge in [-0.1, -0.05) is 38.1 Å². The van der Waals surface area contributed by atoms with Crippen molar-refractivity contribution in [3.8, 4) is 0 Å². The Bertz CT molecular complexity index is 731. The molecule has 3 rings (SSSR count). The Morgan fingerprint density at radius 1 is 1.20 bits per heavy atom. The fourth-order valence-corrected chi connectivity index (χ4v) is 3.21. The van der Waals surface area contributed by atoms with Gasteiger partial charge in [-0.15, -0.1) is 0 Å². The van der Waals surface area contributed by atoms with E-state index in [0.29, 0.717) is 17.9 Å². The van der Waals surface area contributed by atoms with Crippen LogP contribution in [0.5, 0.6) is 0 Å². The standard InChI is InChI=1S/C20H28N4O/c1-13(2)18-10-19(23-20(22-18)21-14(3)12-25)24-11-17-8-6-5-7-16(17)9-15(24)4/h5-8,10,13-15,25H,9,11-12H2,1-4H3,(H,21,22,23)/t14-,15-/m1/s1. The third-order valence-corrected chi connectivity index (χ3v) is 4.77. The molecule has 0 amide bonds. The molecule has 25 heavy (non-hydrogen) atoms. The fraction of sp³-hybridized carbons (Fsp3) is 0.500. The van der Waals surface area contributed by atoms with Gasteiger partial charge < -0.3 is 15.3 Å². The van der Waals surface area contributed by atoms with Gasteiger partial charge in [0, 0.05) is 24.7 Å². The van der Waals surface area contributed by atoms with E-state index >= 15 is 0 Å². The summed E-state index contributed by atoms with van der Waals surface area (Å²) in [6, 6.07) is 11.0. The van der Waals surface area contributed by atoms with Crippen LogP contribution in [0.3, 0.4) is 0 Å². The smallest absolute Gasteiger partial charge is 0.225 e. The Kier molecular flexibility index (Phi) is 5.23. The molecule has 2 atom stereocenters. The SMILES string of the molecule is CC(C)c1cc(N2Cc3ccccc3C[C@H]2C)nc(N[C@H](C)CO)n1. The fourth-order valence-electron chi connectivity index (χ4n) is 3.21. The minimum absolute atomic E-state index is 0.0537. The minimum atomic E-state index is -0.0743. The van der Waals surface area contributed by atoms with E-state index in [-0.39, 0.29) is 12.6 Å². The summed E-state index contributed by atoms with van der Waals surface area (Å²) in [7, 11) is 0. The monoisotopic (exact) mass is 340 g/mol. The predicted molar refractivity (Wildman–Crippen MR) is 102 cm³/mol. The lowest BCUT2D eigenvalue weighted by Gasteiger charge is -2.36. The molecule has 2 aromatic rings. The molecule has 0 fully saturated rings. The van der Waals surface area contributed by atoms with Crippen molar-refractivity contribution in [2.45, 2.75) is 58.7 Å². The second-order valence-corrected chi connectivity index (χ2v) is 7.31. The molecule has 2 heterocycles. The normalized spacial score (nSPS) is 18.2. The van der Waals surface area contributed by atoms with E-state index in [4.69, 9.17) is 4.98 Å². The van der Waals surface area contributed by atoms with Crippen molar-refractivity contribution in [2.75, 3.05) is 16.8 Å². The van der Waals surface area contributed by atoms with Gasteiger partial charge in [-0.3, -0.25) is 0 Å². The number of nitrogens with zero attached hydrogens (tertiary/aromatic N) is 3. The highest BCUT2D eigenvalue weighted by Gasteiger charge is 2.25. The first kappa shape index (κ1) is 17.7. The van der Waals surface area contributed by atoms with Crippen molar-refractivity contribution in [2.24, 2.45) is 0 Å². The van der Waals surface area contributed by atoms with Crippen molar-refractivity contribution in [3.05, 3.63) is 47.2 Å². The van der Waals surface area contributed by atoms with E-state index in [0.717, 1.165) is 24.5 Å². The number of hydrogen-bond donors (Lipinski definition) is 2. The number of anilines is 2. The average Bonchev–Trinajstić information content (AvgIpc) is 2.60. The van der Waals surface area contributed by atoms with Crippen LogP contribution < -0.4 is 10.2 Å². The number of hydrogen-bond acceptors (Lipinski definition) is 5. The maximum Gasteiger partial charge on any atom is 0.225 e. The van der Waals surface area contributed by atoms with E-state index in [1.807, 2.05) is 6.92 Å². The Morgan fingerprint density at radius 3 is 2.60 bits per heavy atom. The van der Waals surface area contributed by atoms with E-state index in [1.54, 1.807) is 0 Å². The Balaban J connectivity index is 1.95. The maximum atomic E-state index is 9.32. The van der Waals surface area contributed by atoms with E-state index in [9.17, 15) is 5.11 Å². The molecule has 1 aliphatic rings. The van der Waals surface area contributed by atoms with Crippen LogP contribution >= 0.6 is 0 Å². The lowest BCUT2D eigenvalue weighted by atomic mass is 9.95. The number of rotatable bonds is 5. The van der Waals surface area contributed by atoms with Crippen molar-refractivity contribution < 1.29 is 5.11 Å². The van der Waals surface area contributed by atoms with Crippen molar-refractivity contribution in [1.82, 2.24) is 9.97 Å². The summed E-state index contributed by atoms with van der Waals surface area (Å²) in [4.78, 5) is 11.7. The summed E-state index contributed by atoms with van der Waals surface area (Å²) in [5, 5.41) is 12.5. The zero-order valence-corrected chi connectivity index (χ0v) is 15.5. The molecular weight excluding hydrogens is 312 g/mol. The molecule has 134 valence electrons. The largest absolute Gasteiger partial charge is 0.394 e. The summed E-state index contributed by atoms with van der Waals surface area (Å²) >= 11 is 0. The molecule has 0 radical (unpaired) electrons. The molecule has 1 aromatic carbocycles. The predicted octanol–water partition coefficient (Wildman–Crippen LogP) is 3.34. The van der Waals surface area contributed by atoms with Gasteiger partial charge in [-0.2, -0.15) is 4.98 Å². The van der Waals surface area contributed by atoms with Crippen LogP contribution in [0.1, 0.15) is 50.4 Å². The molecule has 1 aliphatic heterocycles. The number of aromatic nitrogens is 2. The zero-order chi connectivity index (χ0) is 18.0. The highest BCUT2D eigenvalue weighted by molar-refractivity contribution is 5.50. The van der Waals surface area contributed by atoms with Crippen LogP contribution in [0.2, 0.25) is 0 Å². The average molecular weight is 340 g/mol. The summed E-state index contributed by atoms with van der Waals surface area (Å²) in [5.41, 5.74) is 3.81. The molecule has 0 saturated carbocycles. The van der Waals surface area contributed by atoms with Gasteiger partial charge in [0.1, 0.15) is 5.82 Å². The molecule has 0 saturated heterocycles. The molecule has 0 aliphatic carbocycles. The van der Waals surface area contributed by atoms with Crippen LogP contribution in [0.25, 0.3) is 0 Å². The molecule has 5 nitrogen and oxygen atoms in total. The number of fused-ring (bicyclic) bond motifs is 1. The van der Waals surface area contributed by atoms with E-state index in [2.05, 4.69) is 66.3 Å². The Morgan fingerprint density at radius 2 is 1.92 bits per heavy atom. The molecule has 0 spiro atoms. The highest BCUT2D eigenvalue weighted by Crippen LogP contribution is 2.29. The zero-order valence-electron chi connectivity index (χ0n) is 15.5. The van der Waals surface area contributed by atoms with Crippen LogP contribution in [-0.2, 0) is 13.0 Å². The van der Waals surface area contributed by atoms with Gasteiger partial charge in [-0.05, 0) is 37.3 Å². The third kappa shape index (κ3) is 3.93. The van der Waals surface area contributed by atoms with Crippen LogP contribution in [0.4, 0.5) is 11.8 Å². The maximum absolute atomic E-state index is 9.32. The van der Waals surface area contributed by atoms with Gasteiger partial charge in [0.2, 0.25) is 5.95 Å². The highest BCUT2D eigenvalue weighted by atomic mass is 16.3. The molecule has 2 N–H and O–H groups in total. The first-order valence-corrected chi connectivity index (χ1v) is 9.07. The van der Waals surface area contributed by atoms with Crippen LogP contribution in [0.15, 0.2) is 30.3 Å². The molecular formula is C20H28N4O. The summed E-state index contributed by atoms with van der Waals surface area (Å²) in [6.45, 7) is 9.36. The topological polar surface area (TPSA) is 61.3 Å². The quantitative estimate of drug-likeness (QED) is 0.874. The second-order valence-electron chi connectivity index (χ2n) is 7.31. The molecule has 1 aromatic heterocycles. The van der Waals surface area contributed by atoms with Crippen molar-refractivity contribution in [1.29, 1.82) is 0 Å². The van der Waals surface area contributed by atoms with Gasteiger partial charge in [0.25, 0.3) is 0 Å². The van der Waals surface area contributed by atoms with Crippen LogP contribution in [0, 0.1) is 0 Å². The summed E-state index contributed by atoms with van der Waals surface area (Å²) < 4.78 is 0. The lowest BCUT2D eigenvalue weighted by Crippen LogP contribution is -2.39. The van der Waals surface area contributed by atoms with Crippen LogP contribution in [-0.4, -0.2) is 33.8 Å². The number of nitrogens with one attached hydrogen (secondary N) is 1. The van der Waals surface area contributed by atoms with Gasteiger partial charge in [-0.25, -0.2) is 4.98 Å². The minimum Gasteiger partial charge on any atom is -0.394 e. The number of benzene rings is 1. The van der Waals surface area contributed by atoms with Crippen molar-refractivity contribution in [3.63, 3.8) is 0 Å². The molecule has 0 bridgehead atoms. The first-order valence-electron chi connectivity index (χ1n) is 9.07. The van der Waals surface area contributed by atoms with Gasteiger partial charge in [0.15, 0.2) is 0 Å². The third-order valence-electron chi connectivity index (χ3n) is 4.77. The van der Waals surface area contributed by atoms with Gasteiger partial charge in [0.05, 0.1) is 12.3 Å². The number of aliphatic hydroxyl groups is 1. The van der Waals surface area contributed by atoms with E-state index in [1.165, 1.54) is 11.1 Å². The Hall–Kier alpha value is -2.14.